The zero-order valence-corrected chi connectivity index (χ0v) is 13.0. The van der Waals surface area contributed by atoms with Gasteiger partial charge in [-0.15, -0.1) is 22.7 Å². The van der Waals surface area contributed by atoms with Crippen molar-refractivity contribution >= 4 is 22.7 Å². The van der Waals surface area contributed by atoms with E-state index in [-0.39, 0.29) is 5.54 Å². The maximum atomic E-state index is 4.39. The van der Waals surface area contributed by atoms with Gasteiger partial charge in [0.25, 0.3) is 0 Å². The molecule has 0 aromatic carbocycles. The summed E-state index contributed by atoms with van der Waals surface area (Å²) in [5.74, 6) is 0. The Morgan fingerprint density at radius 3 is 2.90 bits per heavy atom. The van der Waals surface area contributed by atoms with E-state index in [0.717, 1.165) is 17.2 Å². The maximum Gasteiger partial charge on any atom is 0.112 e. The fourth-order valence-electron chi connectivity index (χ4n) is 2.00. The number of thiazole rings is 1. The quantitative estimate of drug-likeness (QED) is 0.757. The van der Waals surface area contributed by atoms with Crippen LogP contribution >= 0.6 is 22.7 Å². The first-order chi connectivity index (χ1) is 9.67. The molecule has 0 fully saturated rings. The Bertz CT molecular complexity index is 653. The van der Waals surface area contributed by atoms with Crippen molar-refractivity contribution in [3.8, 4) is 10.6 Å². The van der Waals surface area contributed by atoms with Gasteiger partial charge >= 0.3 is 0 Å². The molecule has 0 saturated heterocycles. The molecular formula is C14H16N4S2. The van der Waals surface area contributed by atoms with Gasteiger partial charge < -0.3 is 5.32 Å². The Kier molecular flexibility index (Phi) is 3.69. The third-order valence-corrected chi connectivity index (χ3v) is 5.16. The van der Waals surface area contributed by atoms with Crippen LogP contribution in [0.5, 0.6) is 0 Å². The van der Waals surface area contributed by atoms with Crippen molar-refractivity contribution in [1.29, 1.82) is 0 Å². The SMILES string of the molecule is CC(C)(NCc1cn[nH]c1-c1cccs1)c1nccs1. The molecule has 3 aromatic rings. The highest BCUT2D eigenvalue weighted by Gasteiger charge is 2.23. The highest BCUT2D eigenvalue weighted by molar-refractivity contribution is 7.13. The number of aromatic nitrogens is 3. The number of H-pyrrole nitrogens is 1. The molecule has 0 bridgehead atoms. The summed E-state index contributed by atoms with van der Waals surface area (Å²) < 4.78 is 0. The Hall–Kier alpha value is -1.50. The van der Waals surface area contributed by atoms with E-state index in [1.165, 1.54) is 10.4 Å². The molecule has 2 N–H and O–H groups in total. The van der Waals surface area contributed by atoms with Crippen LogP contribution in [0.15, 0.2) is 35.3 Å². The molecule has 0 saturated carbocycles. The summed E-state index contributed by atoms with van der Waals surface area (Å²) in [5, 5.41) is 16.0. The first-order valence-corrected chi connectivity index (χ1v) is 8.14. The second kappa shape index (κ2) is 5.47. The topological polar surface area (TPSA) is 53.6 Å². The Balaban J connectivity index is 1.75. The molecular weight excluding hydrogens is 288 g/mol. The second-order valence-corrected chi connectivity index (χ2v) is 6.91. The zero-order valence-electron chi connectivity index (χ0n) is 11.4. The lowest BCUT2D eigenvalue weighted by Crippen LogP contribution is -2.35. The lowest BCUT2D eigenvalue weighted by molar-refractivity contribution is 0.400. The fraction of sp³-hybridized carbons (Fsp3) is 0.286. The molecule has 4 nitrogen and oxygen atoms in total. The monoisotopic (exact) mass is 304 g/mol. The summed E-state index contributed by atoms with van der Waals surface area (Å²) in [7, 11) is 0. The Morgan fingerprint density at radius 1 is 1.30 bits per heavy atom. The van der Waals surface area contributed by atoms with Gasteiger partial charge in [-0.2, -0.15) is 5.10 Å². The Labute approximate surface area is 125 Å². The van der Waals surface area contributed by atoms with Crippen molar-refractivity contribution in [3.05, 3.63) is 45.9 Å². The van der Waals surface area contributed by atoms with Crippen molar-refractivity contribution in [2.45, 2.75) is 25.9 Å². The van der Waals surface area contributed by atoms with Gasteiger partial charge in [0.1, 0.15) is 5.01 Å². The molecule has 0 aliphatic rings. The first-order valence-electron chi connectivity index (χ1n) is 6.38. The van der Waals surface area contributed by atoms with Crippen LogP contribution in [0.25, 0.3) is 10.6 Å². The van der Waals surface area contributed by atoms with Gasteiger partial charge in [0.15, 0.2) is 0 Å². The summed E-state index contributed by atoms with van der Waals surface area (Å²) in [4.78, 5) is 5.61. The largest absolute Gasteiger partial charge is 0.302 e. The van der Waals surface area contributed by atoms with E-state index in [9.17, 15) is 0 Å². The van der Waals surface area contributed by atoms with Gasteiger partial charge in [-0.05, 0) is 25.3 Å². The molecule has 3 rings (SSSR count). The molecule has 0 spiro atoms. The van der Waals surface area contributed by atoms with Crippen molar-refractivity contribution < 1.29 is 0 Å². The first kappa shape index (κ1) is 13.5. The van der Waals surface area contributed by atoms with Crippen LogP contribution in [0.2, 0.25) is 0 Å². The molecule has 3 aromatic heterocycles. The second-order valence-electron chi connectivity index (χ2n) is 5.06. The molecule has 0 radical (unpaired) electrons. The lowest BCUT2D eigenvalue weighted by atomic mass is 10.1. The van der Waals surface area contributed by atoms with Gasteiger partial charge in [0, 0.05) is 23.7 Å². The van der Waals surface area contributed by atoms with Gasteiger partial charge in [0.2, 0.25) is 0 Å². The molecule has 0 aliphatic carbocycles. The van der Waals surface area contributed by atoms with Crippen LogP contribution < -0.4 is 5.32 Å². The number of thiophene rings is 1. The summed E-state index contributed by atoms with van der Waals surface area (Å²) >= 11 is 3.39. The zero-order chi connectivity index (χ0) is 14.0. The minimum absolute atomic E-state index is 0.141. The molecule has 3 heterocycles. The van der Waals surface area contributed by atoms with E-state index in [2.05, 4.69) is 51.9 Å². The predicted molar refractivity (Wildman–Crippen MR) is 83.9 cm³/mol. The minimum atomic E-state index is -0.141. The van der Waals surface area contributed by atoms with Crippen LogP contribution in [0.3, 0.4) is 0 Å². The standard InChI is InChI=1S/C14H16N4S2/c1-14(2,13-15-5-7-20-13)16-8-10-9-17-18-12(10)11-4-3-6-19-11/h3-7,9,16H,8H2,1-2H3,(H,17,18). The van der Waals surface area contributed by atoms with E-state index in [1.807, 2.05) is 17.8 Å². The highest BCUT2D eigenvalue weighted by atomic mass is 32.1. The van der Waals surface area contributed by atoms with E-state index in [4.69, 9.17) is 0 Å². The van der Waals surface area contributed by atoms with Gasteiger partial charge in [-0.25, -0.2) is 4.98 Å². The number of hydrogen-bond acceptors (Lipinski definition) is 5. The minimum Gasteiger partial charge on any atom is -0.302 e. The lowest BCUT2D eigenvalue weighted by Gasteiger charge is -2.23. The van der Waals surface area contributed by atoms with Crippen LogP contribution in [-0.4, -0.2) is 15.2 Å². The number of aromatic amines is 1. The average molecular weight is 304 g/mol. The average Bonchev–Trinajstić information content (AvgIpc) is 3.16. The third kappa shape index (κ3) is 2.67. The number of rotatable bonds is 5. The van der Waals surface area contributed by atoms with E-state index in [0.29, 0.717) is 0 Å². The maximum absolute atomic E-state index is 4.39. The smallest absolute Gasteiger partial charge is 0.112 e. The van der Waals surface area contributed by atoms with Crippen molar-refractivity contribution in [3.63, 3.8) is 0 Å². The van der Waals surface area contributed by atoms with Gasteiger partial charge in [-0.1, -0.05) is 6.07 Å². The molecule has 0 atom stereocenters. The molecule has 6 heteroatoms. The fourth-order valence-corrected chi connectivity index (χ4v) is 3.50. The van der Waals surface area contributed by atoms with Crippen LogP contribution in [0, 0.1) is 0 Å². The van der Waals surface area contributed by atoms with Gasteiger partial charge in [-0.3, -0.25) is 5.10 Å². The van der Waals surface area contributed by atoms with E-state index in [1.54, 1.807) is 22.7 Å². The third-order valence-electron chi connectivity index (χ3n) is 3.17. The highest BCUT2D eigenvalue weighted by Crippen LogP contribution is 2.27. The summed E-state index contributed by atoms with van der Waals surface area (Å²) in [5.41, 5.74) is 2.14. The number of hydrogen-bond donors (Lipinski definition) is 2. The van der Waals surface area contributed by atoms with E-state index >= 15 is 0 Å². The normalized spacial score (nSPS) is 11.9. The number of nitrogens with zero attached hydrogens (tertiary/aromatic N) is 2. The Morgan fingerprint density at radius 2 is 2.20 bits per heavy atom. The van der Waals surface area contributed by atoms with Crippen LogP contribution in [-0.2, 0) is 12.1 Å². The van der Waals surface area contributed by atoms with Crippen molar-refractivity contribution in [1.82, 2.24) is 20.5 Å². The molecule has 104 valence electrons. The molecule has 0 unspecified atom stereocenters. The molecule has 0 amide bonds. The van der Waals surface area contributed by atoms with E-state index < -0.39 is 0 Å². The number of nitrogens with one attached hydrogen (secondary N) is 2. The van der Waals surface area contributed by atoms with Crippen LogP contribution in [0.4, 0.5) is 0 Å². The summed E-state index contributed by atoms with van der Waals surface area (Å²) in [6.45, 7) is 5.06. The summed E-state index contributed by atoms with van der Waals surface area (Å²) in [6.07, 6.45) is 3.73. The molecule has 0 aliphatic heterocycles. The van der Waals surface area contributed by atoms with Gasteiger partial charge in [0.05, 0.1) is 22.3 Å². The predicted octanol–water partition coefficient (Wildman–Crippen LogP) is 3.62. The van der Waals surface area contributed by atoms with Crippen molar-refractivity contribution in [2.24, 2.45) is 0 Å². The van der Waals surface area contributed by atoms with Crippen molar-refractivity contribution in [2.75, 3.05) is 0 Å². The summed E-state index contributed by atoms with van der Waals surface area (Å²) in [6, 6.07) is 4.16. The molecule has 20 heavy (non-hydrogen) atoms. The van der Waals surface area contributed by atoms with Crippen LogP contribution in [0.1, 0.15) is 24.4 Å².